The monoisotopic (exact) mass is 489 g/mol. The number of aromatic nitrogens is 2. The number of carbonyl (C=O) groups excluding carboxylic acids is 5. The zero-order chi connectivity index (χ0) is 25.3. The van der Waals surface area contributed by atoms with Gasteiger partial charge in [-0.3, -0.25) is 47.1 Å². The lowest BCUT2D eigenvalue weighted by molar-refractivity contribution is -0.126. The van der Waals surface area contributed by atoms with E-state index in [4.69, 9.17) is 4.42 Å². The first kappa shape index (κ1) is 47.0. The van der Waals surface area contributed by atoms with Crippen molar-refractivity contribution >= 4 is 40.3 Å². The van der Waals surface area contributed by atoms with Crippen molar-refractivity contribution in [1.29, 1.82) is 0 Å². The molecule has 0 bridgehead atoms. The topological polar surface area (TPSA) is 268 Å². The number of ketones is 1. The van der Waals surface area contributed by atoms with Crippen LogP contribution in [-0.2, 0) is 24.0 Å². The van der Waals surface area contributed by atoms with E-state index in [1.54, 1.807) is 13.8 Å². The molecule has 0 atom stereocenters. The Morgan fingerprint density at radius 3 is 1.03 bits per heavy atom. The number of nitrogens with zero attached hydrogens (tertiary/aromatic N) is 2. The van der Waals surface area contributed by atoms with Gasteiger partial charge in [-0.15, -0.1) is 10.2 Å². The van der Waals surface area contributed by atoms with Crippen molar-refractivity contribution in [3.05, 3.63) is 11.8 Å². The van der Waals surface area contributed by atoms with Crippen molar-refractivity contribution in [1.82, 2.24) is 26.5 Å². The zero-order valence-electron chi connectivity index (χ0n) is 18.9. The maximum absolute atomic E-state index is 10.0. The first-order chi connectivity index (χ1) is 13.6. The molecular weight excluding hydrogens is 452 g/mol. The smallest absolute Gasteiger partial charge is 0.235 e. The van der Waals surface area contributed by atoms with Crippen molar-refractivity contribution in [2.45, 2.75) is 62.8 Å². The van der Waals surface area contributed by atoms with Gasteiger partial charge < -0.3 is 14.7 Å². The van der Waals surface area contributed by atoms with E-state index in [-0.39, 0.29) is 41.7 Å². The number of carbonyl (C=O) groups is 5. The van der Waals surface area contributed by atoms with Crippen LogP contribution in [0.15, 0.2) is 4.42 Å². The molecule has 0 saturated heterocycles. The zero-order valence-corrected chi connectivity index (χ0v) is 19.7. The number of nitrogens with two attached hydrogens (primary N) is 3. The van der Waals surface area contributed by atoms with Crippen LogP contribution in [0.5, 0.6) is 0 Å². The van der Waals surface area contributed by atoms with Crippen molar-refractivity contribution in [3.8, 4) is 0 Å². The van der Waals surface area contributed by atoms with E-state index in [1.807, 2.05) is 5.43 Å². The second-order valence-electron chi connectivity index (χ2n) is 4.78. The Kier molecular flexibility index (Phi) is 52.1. The number of hydrogen-bond donors (Lipinski definition) is 6. The van der Waals surface area contributed by atoms with Crippen molar-refractivity contribution in [2.75, 3.05) is 0 Å². The summed E-state index contributed by atoms with van der Waals surface area (Å²) in [5.41, 5.74) is 6.10. The molecule has 0 fully saturated rings. The molecule has 32 heavy (non-hydrogen) atoms. The Labute approximate surface area is 193 Å². The molecule has 0 aliphatic heterocycles. The number of rotatable bonds is 0. The number of Topliss-reactive ketones (excluding diaryl/α,β-unsaturated/α-hetero) is 1. The second-order valence-corrected chi connectivity index (χ2v) is 5.31. The van der Waals surface area contributed by atoms with Crippen molar-refractivity contribution in [2.24, 2.45) is 17.5 Å². The third-order valence-corrected chi connectivity index (χ3v) is 1.24. The van der Waals surface area contributed by atoms with E-state index in [2.05, 4.69) is 50.2 Å². The molecule has 192 valence electrons. The average Bonchev–Trinajstić information content (AvgIpc) is 2.98. The van der Waals surface area contributed by atoms with Crippen LogP contribution in [0.3, 0.4) is 0 Å². The van der Waals surface area contributed by atoms with Crippen LogP contribution < -0.4 is 33.8 Å². The van der Waals surface area contributed by atoms with E-state index in [9.17, 15) is 24.0 Å². The predicted octanol–water partition coefficient (Wildman–Crippen LogP) is -0.499. The minimum Gasteiger partial charge on any atom is -0.870 e. The summed E-state index contributed by atoms with van der Waals surface area (Å²) in [5, 5.41) is 6.84. The fraction of sp³-hybridized carbons (Fsp3) is 0.562. The van der Waals surface area contributed by atoms with Crippen LogP contribution >= 0.6 is 11.6 Å². The van der Waals surface area contributed by atoms with Crippen LogP contribution in [0.25, 0.3) is 0 Å². The highest BCUT2D eigenvalue weighted by molar-refractivity contribution is 6.62. The van der Waals surface area contributed by atoms with Gasteiger partial charge in [-0.2, -0.15) is 0 Å². The molecule has 1 heterocycles. The molecule has 0 unspecified atom stereocenters. The predicted molar refractivity (Wildman–Crippen MR) is 119 cm³/mol. The quantitative estimate of drug-likeness (QED) is 0.116. The Morgan fingerprint density at radius 2 is 0.969 bits per heavy atom. The van der Waals surface area contributed by atoms with Crippen molar-refractivity contribution < 1.29 is 33.9 Å². The highest BCUT2D eigenvalue weighted by Gasteiger charge is 1.89. The summed E-state index contributed by atoms with van der Waals surface area (Å²) in [7, 11) is 0. The van der Waals surface area contributed by atoms with Gasteiger partial charge in [0.2, 0.25) is 34.7 Å². The summed E-state index contributed by atoms with van der Waals surface area (Å²) >= 11 is 4.64. The summed E-state index contributed by atoms with van der Waals surface area (Å²) in [5.74, 6) is 13.2. The molecule has 1 aromatic rings. The number of halogens is 1. The number of aryl methyl sites for hydroxylation is 2. The maximum Gasteiger partial charge on any atom is 0.235 e. The number of hydrazine groups is 3. The number of amides is 3. The molecule has 3 amide bonds. The van der Waals surface area contributed by atoms with Crippen LogP contribution in [0.2, 0.25) is 0 Å². The molecule has 0 spiro atoms. The fourth-order valence-electron chi connectivity index (χ4n) is 0.571. The molecule has 10 N–H and O–H groups in total. The Hall–Kier alpha value is -2.98. The first-order valence-corrected chi connectivity index (χ1v) is 8.27. The van der Waals surface area contributed by atoms with Crippen LogP contribution in [0.1, 0.15) is 60.8 Å². The minimum atomic E-state index is -0.361. The van der Waals surface area contributed by atoms with Gasteiger partial charge in [0.05, 0.1) is 0 Å². The Balaban J connectivity index is -0.0000000484. The molecule has 0 aliphatic rings. The molecule has 0 saturated carbocycles. The van der Waals surface area contributed by atoms with Gasteiger partial charge in [0.1, 0.15) is 5.78 Å². The van der Waals surface area contributed by atoms with E-state index in [1.165, 1.54) is 41.5 Å². The van der Waals surface area contributed by atoms with E-state index >= 15 is 0 Å². The molecule has 0 aliphatic carbocycles. The van der Waals surface area contributed by atoms with Crippen LogP contribution in [-0.4, -0.2) is 44.4 Å². The molecule has 0 radical (unpaired) electrons. The lowest BCUT2D eigenvalue weighted by atomic mass is 10.6. The minimum absolute atomic E-state index is 0. The molecule has 16 heteroatoms. The molecule has 15 nitrogen and oxygen atoms in total. The summed E-state index contributed by atoms with van der Waals surface area (Å²) < 4.78 is 4.86. The first-order valence-electron chi connectivity index (χ1n) is 7.89. The lowest BCUT2D eigenvalue weighted by Crippen LogP contribution is -2.38. The molecule has 1 rings (SSSR count). The Bertz CT molecular complexity index is 562. The molecule has 0 aromatic carbocycles. The van der Waals surface area contributed by atoms with E-state index in [0.717, 1.165) is 0 Å². The Morgan fingerprint density at radius 1 is 0.781 bits per heavy atom. The fourth-order valence-corrected chi connectivity index (χ4v) is 0.571. The van der Waals surface area contributed by atoms with Gasteiger partial charge in [0.15, 0.2) is 0 Å². The van der Waals surface area contributed by atoms with Crippen molar-refractivity contribution in [3.63, 3.8) is 0 Å². The SMILES string of the molecule is C.CC(=O)Cl.CC(=O)NN.CC(=O)NNC(C)=O.CC(C)=O.Cc1nnc(C)o1.NN.[OH-]. The summed E-state index contributed by atoms with van der Waals surface area (Å²) in [4.78, 5) is 48.3. The van der Waals surface area contributed by atoms with Gasteiger partial charge in [-0.05, 0) is 25.4 Å². The highest BCUT2D eigenvalue weighted by atomic mass is 35.5. The summed E-state index contributed by atoms with van der Waals surface area (Å²) in [6.07, 6.45) is 0. The van der Waals surface area contributed by atoms with Gasteiger partial charge in [0.25, 0.3) is 0 Å². The van der Waals surface area contributed by atoms with Gasteiger partial charge in [0, 0.05) is 41.5 Å². The number of nitrogens with one attached hydrogen (secondary N) is 3. The van der Waals surface area contributed by atoms with E-state index in [0.29, 0.717) is 11.8 Å². The summed E-state index contributed by atoms with van der Waals surface area (Å²) in [6, 6.07) is 0. The average molecular weight is 490 g/mol. The normalized spacial score (nSPS) is 6.88. The van der Waals surface area contributed by atoms with E-state index < -0.39 is 0 Å². The number of hydrogen-bond acceptors (Lipinski definition) is 12. The molecular formula is C16H38ClN8O7-. The van der Waals surface area contributed by atoms with Crippen LogP contribution in [0.4, 0.5) is 0 Å². The van der Waals surface area contributed by atoms with Crippen LogP contribution in [0, 0.1) is 13.8 Å². The molecule has 1 aromatic heterocycles. The lowest BCUT2D eigenvalue weighted by Gasteiger charge is -1.97. The van der Waals surface area contributed by atoms with Gasteiger partial charge in [-0.1, -0.05) is 7.43 Å². The largest absolute Gasteiger partial charge is 0.870 e. The maximum atomic E-state index is 10.0. The highest BCUT2D eigenvalue weighted by Crippen LogP contribution is 1.92. The summed E-state index contributed by atoms with van der Waals surface area (Å²) in [6.45, 7) is 11.9. The second kappa shape index (κ2) is 35.5. The third-order valence-electron chi connectivity index (χ3n) is 1.24. The van der Waals surface area contributed by atoms with Gasteiger partial charge in [-0.25, -0.2) is 5.84 Å². The third kappa shape index (κ3) is 108. The standard InChI is InChI=1S/C4H8N2O2.C4H6N2O.C3H6O.C2H3ClO.C2H6N2O.CH4.H4N2.H2O/c1-3(7)5-6-4(2)8;1-3-5-6-4(2)7-3;1-3(2)4;1-2(3)4;1-2(5)4-3;;1-2;/h1-2H3,(H,5,7)(H,6,8);1-2H3;1-2H3;1H3;3H2,1H3,(H,4,5);1H4;1-2H2;1H2/p-1. The van der Waals surface area contributed by atoms with Gasteiger partial charge >= 0.3 is 0 Å².